The number of likely N-dealkylation sites (tertiary alicyclic amines) is 1. The van der Waals surface area contributed by atoms with Gasteiger partial charge in [0.15, 0.2) is 0 Å². The first-order valence-electron chi connectivity index (χ1n) is 6.10. The van der Waals surface area contributed by atoms with Gasteiger partial charge in [-0.1, -0.05) is 6.07 Å². The predicted molar refractivity (Wildman–Crippen MR) is 64.6 cm³/mol. The van der Waals surface area contributed by atoms with Crippen LogP contribution in [0.15, 0.2) is 18.2 Å². The van der Waals surface area contributed by atoms with E-state index in [9.17, 15) is 8.78 Å². The lowest BCUT2D eigenvalue weighted by Crippen LogP contribution is -2.37. The van der Waals surface area contributed by atoms with Crippen LogP contribution in [-0.2, 0) is 6.54 Å². The molecule has 1 aromatic carbocycles. The lowest BCUT2D eigenvalue weighted by Gasteiger charge is -2.34. The van der Waals surface area contributed by atoms with Gasteiger partial charge in [0.1, 0.15) is 11.6 Å². The lowest BCUT2D eigenvalue weighted by molar-refractivity contribution is 0.149. The molecule has 0 bridgehead atoms. The Morgan fingerprint density at radius 3 is 2.56 bits per heavy atom. The van der Waals surface area contributed by atoms with Crippen LogP contribution in [0.4, 0.5) is 8.78 Å². The number of nitrogens with zero attached hydrogens (tertiary/aromatic N) is 2. The molecule has 2 rings (SSSR count). The van der Waals surface area contributed by atoms with Crippen molar-refractivity contribution < 1.29 is 8.78 Å². The van der Waals surface area contributed by atoms with Gasteiger partial charge < -0.3 is 0 Å². The minimum Gasteiger partial charge on any atom is -0.299 e. The van der Waals surface area contributed by atoms with E-state index in [1.54, 1.807) is 0 Å². The van der Waals surface area contributed by atoms with Gasteiger partial charge in [0, 0.05) is 18.2 Å². The predicted octanol–water partition coefficient (Wildman–Crippen LogP) is 3.09. The summed E-state index contributed by atoms with van der Waals surface area (Å²) >= 11 is 0. The summed E-state index contributed by atoms with van der Waals surface area (Å²) in [7, 11) is 0. The van der Waals surface area contributed by atoms with Crippen LogP contribution < -0.4 is 0 Å². The van der Waals surface area contributed by atoms with Crippen LogP contribution in [0.1, 0.15) is 25.3 Å². The van der Waals surface area contributed by atoms with E-state index in [0.29, 0.717) is 12.1 Å². The summed E-state index contributed by atoms with van der Waals surface area (Å²) in [4.78, 5) is 2.11. The van der Waals surface area contributed by atoms with Crippen LogP contribution in [0, 0.1) is 28.4 Å². The molecule has 0 N–H and O–H groups in total. The van der Waals surface area contributed by atoms with Gasteiger partial charge in [-0.15, -0.1) is 0 Å². The summed E-state index contributed by atoms with van der Waals surface area (Å²) < 4.78 is 26.3. The van der Waals surface area contributed by atoms with Crippen molar-refractivity contribution in [2.45, 2.75) is 26.3 Å². The number of hydrogen-bond donors (Lipinski definition) is 0. The third kappa shape index (κ3) is 2.85. The molecule has 0 unspecified atom stereocenters. The van der Waals surface area contributed by atoms with E-state index in [1.165, 1.54) is 12.1 Å². The van der Waals surface area contributed by atoms with Crippen molar-refractivity contribution in [2.24, 2.45) is 5.41 Å². The average molecular weight is 250 g/mol. The maximum atomic E-state index is 13.5. The Kier molecular flexibility index (Phi) is 3.63. The smallest absolute Gasteiger partial charge is 0.130 e. The molecule has 0 radical (unpaired) electrons. The van der Waals surface area contributed by atoms with E-state index >= 15 is 0 Å². The van der Waals surface area contributed by atoms with Crippen LogP contribution in [0.25, 0.3) is 0 Å². The van der Waals surface area contributed by atoms with Crippen molar-refractivity contribution in [3.8, 4) is 6.07 Å². The topological polar surface area (TPSA) is 27.0 Å². The number of piperidine rings is 1. The molecular weight excluding hydrogens is 234 g/mol. The zero-order valence-corrected chi connectivity index (χ0v) is 10.4. The zero-order chi connectivity index (χ0) is 13.2. The van der Waals surface area contributed by atoms with E-state index in [0.717, 1.165) is 32.0 Å². The normalized spacial score (nSPS) is 19.4. The van der Waals surface area contributed by atoms with Crippen LogP contribution >= 0.6 is 0 Å². The van der Waals surface area contributed by atoms with Gasteiger partial charge in [-0.05, 0) is 38.9 Å². The van der Waals surface area contributed by atoms with E-state index in [1.807, 2.05) is 6.92 Å². The maximum absolute atomic E-state index is 13.5. The maximum Gasteiger partial charge on any atom is 0.130 e. The number of hydrogen-bond acceptors (Lipinski definition) is 2. The van der Waals surface area contributed by atoms with E-state index in [2.05, 4.69) is 11.0 Å². The monoisotopic (exact) mass is 250 g/mol. The Bertz CT molecular complexity index is 471. The highest BCUT2D eigenvalue weighted by Gasteiger charge is 2.29. The van der Waals surface area contributed by atoms with E-state index in [-0.39, 0.29) is 5.41 Å². The summed E-state index contributed by atoms with van der Waals surface area (Å²) in [5.74, 6) is -1.05. The first-order valence-corrected chi connectivity index (χ1v) is 6.10. The summed E-state index contributed by atoms with van der Waals surface area (Å²) in [6, 6.07) is 6.02. The quantitative estimate of drug-likeness (QED) is 0.806. The SMILES string of the molecule is CC1(C#N)CCN(Cc2ccc(F)cc2F)CC1. The highest BCUT2D eigenvalue weighted by molar-refractivity contribution is 5.18. The fourth-order valence-electron chi connectivity index (χ4n) is 2.21. The second-order valence-corrected chi connectivity index (χ2v) is 5.18. The molecule has 1 heterocycles. The average Bonchev–Trinajstić information content (AvgIpc) is 2.36. The molecule has 1 aromatic rings. The fourth-order valence-corrected chi connectivity index (χ4v) is 2.21. The summed E-state index contributed by atoms with van der Waals surface area (Å²) in [5.41, 5.74) is 0.259. The number of rotatable bonds is 2. The number of nitriles is 1. The summed E-state index contributed by atoms with van der Waals surface area (Å²) in [5, 5.41) is 9.03. The molecule has 0 spiro atoms. The van der Waals surface area contributed by atoms with Gasteiger partial charge in [-0.25, -0.2) is 8.78 Å². The number of benzene rings is 1. The Hall–Kier alpha value is -1.47. The highest BCUT2D eigenvalue weighted by Crippen LogP contribution is 2.30. The third-order valence-corrected chi connectivity index (χ3v) is 3.64. The molecule has 0 saturated carbocycles. The van der Waals surface area contributed by atoms with Crippen molar-refractivity contribution in [2.75, 3.05) is 13.1 Å². The lowest BCUT2D eigenvalue weighted by atomic mass is 9.82. The molecule has 0 aromatic heterocycles. The first kappa shape index (κ1) is 13.0. The molecule has 2 nitrogen and oxygen atoms in total. The van der Waals surface area contributed by atoms with Gasteiger partial charge in [0.05, 0.1) is 11.5 Å². The van der Waals surface area contributed by atoms with Crippen molar-refractivity contribution in [3.05, 3.63) is 35.4 Å². The standard InChI is InChI=1S/C14H16F2N2/c1-14(10-17)4-6-18(7-5-14)9-11-2-3-12(15)8-13(11)16/h2-3,8H,4-7,9H2,1H3. The second-order valence-electron chi connectivity index (χ2n) is 5.18. The van der Waals surface area contributed by atoms with Gasteiger partial charge in [-0.3, -0.25) is 4.90 Å². The Balaban J connectivity index is 1.98. The van der Waals surface area contributed by atoms with E-state index in [4.69, 9.17) is 5.26 Å². The van der Waals surface area contributed by atoms with Gasteiger partial charge in [0.2, 0.25) is 0 Å². The van der Waals surface area contributed by atoms with Crippen LogP contribution in [0.5, 0.6) is 0 Å². The molecule has 1 aliphatic rings. The van der Waals surface area contributed by atoms with Crippen molar-refractivity contribution in [1.82, 2.24) is 4.90 Å². The minimum absolute atomic E-state index is 0.252. The van der Waals surface area contributed by atoms with Gasteiger partial charge in [-0.2, -0.15) is 5.26 Å². The molecule has 1 aliphatic heterocycles. The molecule has 1 saturated heterocycles. The molecule has 96 valence electrons. The molecule has 18 heavy (non-hydrogen) atoms. The number of halogens is 2. The zero-order valence-electron chi connectivity index (χ0n) is 10.4. The summed E-state index contributed by atoms with van der Waals surface area (Å²) in [6.45, 7) is 4.00. The van der Waals surface area contributed by atoms with Crippen molar-refractivity contribution in [3.63, 3.8) is 0 Å². The molecule has 0 amide bonds. The largest absolute Gasteiger partial charge is 0.299 e. The van der Waals surface area contributed by atoms with E-state index < -0.39 is 11.6 Å². The Morgan fingerprint density at radius 1 is 1.33 bits per heavy atom. The van der Waals surface area contributed by atoms with Crippen LogP contribution in [-0.4, -0.2) is 18.0 Å². The molecular formula is C14H16F2N2. The Labute approximate surface area is 106 Å². The molecule has 4 heteroatoms. The molecule has 1 fully saturated rings. The van der Waals surface area contributed by atoms with Crippen molar-refractivity contribution in [1.29, 1.82) is 5.26 Å². The van der Waals surface area contributed by atoms with Crippen molar-refractivity contribution >= 4 is 0 Å². The third-order valence-electron chi connectivity index (χ3n) is 3.64. The van der Waals surface area contributed by atoms with Crippen LogP contribution in [0.3, 0.4) is 0 Å². The molecule has 0 atom stereocenters. The van der Waals surface area contributed by atoms with Gasteiger partial charge >= 0.3 is 0 Å². The first-order chi connectivity index (χ1) is 8.52. The molecule has 0 aliphatic carbocycles. The van der Waals surface area contributed by atoms with Gasteiger partial charge in [0.25, 0.3) is 0 Å². The van der Waals surface area contributed by atoms with Crippen LogP contribution in [0.2, 0.25) is 0 Å². The second kappa shape index (κ2) is 5.03. The minimum atomic E-state index is -0.549. The summed E-state index contributed by atoms with van der Waals surface area (Å²) in [6.07, 6.45) is 1.60. The fraction of sp³-hybridized carbons (Fsp3) is 0.500. The highest BCUT2D eigenvalue weighted by atomic mass is 19.1. The Morgan fingerprint density at radius 2 is 2.00 bits per heavy atom.